The Kier molecular flexibility index (Phi) is 2.63. The van der Waals surface area contributed by atoms with Gasteiger partial charge < -0.3 is 5.11 Å². The topological polar surface area (TPSA) is 83.5 Å². The van der Waals surface area contributed by atoms with Crippen molar-refractivity contribution >= 4 is 21.9 Å². The highest BCUT2D eigenvalue weighted by molar-refractivity contribution is 7.71. The molecule has 0 unspecified atom stereocenters. The van der Waals surface area contributed by atoms with E-state index in [1.165, 1.54) is 5.32 Å². The van der Waals surface area contributed by atoms with Gasteiger partial charge in [-0.3, -0.25) is 5.32 Å². The van der Waals surface area contributed by atoms with Crippen LogP contribution >= 0.6 is 0 Å². The van der Waals surface area contributed by atoms with E-state index in [1.807, 2.05) is 0 Å². The molecule has 2 N–H and O–H groups in total. The second kappa shape index (κ2) is 3.03. The van der Waals surface area contributed by atoms with Gasteiger partial charge in [0.2, 0.25) is 10.3 Å². The minimum Gasteiger partial charge on any atom is -0.465 e. The van der Waals surface area contributed by atoms with Crippen molar-refractivity contribution in [1.82, 2.24) is 5.32 Å². The maximum absolute atomic E-state index is 9.52. The zero-order valence-corrected chi connectivity index (χ0v) is 4.47. The third-order valence-corrected chi connectivity index (χ3v) is 0.589. The van der Waals surface area contributed by atoms with Crippen LogP contribution in [0.2, 0.25) is 0 Å². The Morgan fingerprint density at radius 3 is 2.25 bits per heavy atom. The molecule has 0 bridgehead atoms. The van der Waals surface area contributed by atoms with Gasteiger partial charge in [0, 0.05) is 0 Å². The molecule has 0 radical (unpaired) electrons. The van der Waals surface area contributed by atoms with Crippen molar-refractivity contribution in [2.24, 2.45) is 0 Å². The third kappa shape index (κ3) is 4.96. The predicted octanol–water partition coefficient (Wildman–Crippen LogP) is -1.11. The monoisotopic (exact) mass is 137 g/mol. The van der Waals surface area contributed by atoms with Crippen LogP contribution in [0.5, 0.6) is 0 Å². The highest BCUT2D eigenvalue weighted by atomic mass is 32.2. The number of hydrogen-bond donors (Lipinski definition) is 2. The molecule has 0 saturated heterocycles. The average Bonchev–Trinajstić information content (AvgIpc) is 1.61. The van der Waals surface area contributed by atoms with Gasteiger partial charge in [-0.15, -0.1) is 0 Å². The summed E-state index contributed by atoms with van der Waals surface area (Å²) < 4.78 is 19.0. The molecule has 5 nitrogen and oxygen atoms in total. The average molecular weight is 137 g/mol. The molecule has 0 saturated carbocycles. The lowest BCUT2D eigenvalue weighted by molar-refractivity contribution is 0.200. The summed E-state index contributed by atoms with van der Waals surface area (Å²) in [6.45, 7) is 0. The summed E-state index contributed by atoms with van der Waals surface area (Å²) in [6, 6.07) is 0. The molecule has 0 aliphatic heterocycles. The fourth-order valence-electron chi connectivity index (χ4n) is 0.0985. The van der Waals surface area contributed by atoms with Crippen molar-refractivity contribution in [3.05, 3.63) is 0 Å². The SMILES string of the molecule is O=C(O)NC=S(=O)=O. The van der Waals surface area contributed by atoms with Crippen LogP contribution in [0.1, 0.15) is 0 Å². The Balaban J connectivity index is 3.81. The van der Waals surface area contributed by atoms with E-state index in [9.17, 15) is 13.2 Å². The van der Waals surface area contributed by atoms with E-state index >= 15 is 0 Å². The second-order valence-corrected chi connectivity index (χ2v) is 1.58. The minimum atomic E-state index is -2.45. The summed E-state index contributed by atoms with van der Waals surface area (Å²) in [4.78, 5) is 9.49. The first-order chi connectivity index (χ1) is 3.63. The van der Waals surface area contributed by atoms with E-state index in [-0.39, 0.29) is 0 Å². The lowest BCUT2D eigenvalue weighted by Gasteiger charge is -1.80. The Morgan fingerprint density at radius 2 is 2.12 bits per heavy atom. The number of carboxylic acid groups (broad SMARTS) is 1. The van der Waals surface area contributed by atoms with E-state index in [0.29, 0.717) is 5.49 Å². The highest BCUT2D eigenvalue weighted by Crippen LogP contribution is 1.50. The summed E-state index contributed by atoms with van der Waals surface area (Å²) in [5.74, 6) is 0. The Labute approximate surface area is 46.5 Å². The van der Waals surface area contributed by atoms with Crippen LogP contribution < -0.4 is 5.32 Å². The molecule has 0 heterocycles. The Bertz CT molecular complexity index is 194. The third-order valence-electron chi connectivity index (χ3n) is 0.279. The highest BCUT2D eigenvalue weighted by Gasteiger charge is 1.84. The van der Waals surface area contributed by atoms with Crippen LogP contribution in [-0.4, -0.2) is 25.1 Å². The van der Waals surface area contributed by atoms with Crippen molar-refractivity contribution in [3.63, 3.8) is 0 Å². The molecule has 0 rings (SSSR count). The van der Waals surface area contributed by atoms with E-state index in [4.69, 9.17) is 5.11 Å². The molecule has 0 aromatic heterocycles. The number of rotatable bonds is 1. The van der Waals surface area contributed by atoms with Crippen LogP contribution in [0, 0.1) is 0 Å². The fraction of sp³-hybridized carbons (Fsp3) is 0. The predicted molar refractivity (Wildman–Crippen MR) is 26.1 cm³/mol. The summed E-state index contributed by atoms with van der Waals surface area (Å²) in [5, 5.41) is 9.27. The quantitative estimate of drug-likeness (QED) is 0.449. The van der Waals surface area contributed by atoms with Gasteiger partial charge in [0.05, 0.1) is 0 Å². The molecule has 0 aliphatic rings. The van der Waals surface area contributed by atoms with Crippen molar-refractivity contribution in [2.75, 3.05) is 0 Å². The van der Waals surface area contributed by atoms with Crippen molar-refractivity contribution < 1.29 is 18.3 Å². The van der Waals surface area contributed by atoms with Gasteiger partial charge in [0.15, 0.2) is 0 Å². The first kappa shape index (κ1) is 6.96. The molecular weight excluding hydrogens is 134 g/mol. The largest absolute Gasteiger partial charge is 0.465 e. The lowest BCUT2D eigenvalue weighted by atomic mass is 11.1. The molecule has 8 heavy (non-hydrogen) atoms. The number of nitrogens with one attached hydrogen (secondary N) is 1. The van der Waals surface area contributed by atoms with Gasteiger partial charge in [-0.2, -0.15) is 8.42 Å². The minimum absolute atomic E-state index is 0.433. The summed E-state index contributed by atoms with van der Waals surface area (Å²) in [5.41, 5.74) is 0.433. The van der Waals surface area contributed by atoms with Crippen LogP contribution in [-0.2, 0) is 10.3 Å². The first-order valence-corrected chi connectivity index (χ1v) is 2.67. The normalized spacial score (nSPS) is 7.50. The standard InChI is InChI=1S/C2H3NO4S/c4-2(5)3-1-8(6)7/h1,3H,(H,4,5). The zero-order valence-electron chi connectivity index (χ0n) is 3.66. The smallest absolute Gasteiger partial charge is 0.409 e. The van der Waals surface area contributed by atoms with Crippen molar-refractivity contribution in [3.8, 4) is 0 Å². The first-order valence-electron chi connectivity index (χ1n) is 1.54. The lowest BCUT2D eigenvalue weighted by Crippen LogP contribution is -2.18. The molecule has 0 aromatic carbocycles. The molecule has 0 spiro atoms. The molecule has 1 amide bonds. The van der Waals surface area contributed by atoms with Crippen molar-refractivity contribution in [1.29, 1.82) is 0 Å². The molecular formula is C2H3NO4S. The molecule has 6 heteroatoms. The zero-order chi connectivity index (χ0) is 6.57. The number of hydrogen-bond acceptors (Lipinski definition) is 3. The number of amides is 1. The van der Waals surface area contributed by atoms with Crippen LogP contribution in [0.25, 0.3) is 0 Å². The fourth-order valence-corrected chi connectivity index (χ4v) is 0.296. The maximum Gasteiger partial charge on any atom is 0.409 e. The van der Waals surface area contributed by atoms with Crippen LogP contribution in [0.3, 0.4) is 0 Å². The maximum atomic E-state index is 9.52. The summed E-state index contributed by atoms with van der Waals surface area (Å²) >= 11 is 0. The van der Waals surface area contributed by atoms with Gasteiger partial charge in [0.1, 0.15) is 5.49 Å². The summed E-state index contributed by atoms with van der Waals surface area (Å²) in [6.07, 6.45) is -1.39. The van der Waals surface area contributed by atoms with Gasteiger partial charge >= 0.3 is 6.09 Å². The Morgan fingerprint density at radius 1 is 1.62 bits per heavy atom. The van der Waals surface area contributed by atoms with Gasteiger partial charge in [-0.05, 0) is 0 Å². The van der Waals surface area contributed by atoms with E-state index in [0.717, 1.165) is 0 Å². The van der Waals surface area contributed by atoms with E-state index in [2.05, 4.69) is 0 Å². The molecule has 0 aromatic rings. The van der Waals surface area contributed by atoms with Gasteiger partial charge in [-0.1, -0.05) is 0 Å². The molecule has 46 valence electrons. The number of carbonyl (C=O) groups is 1. The summed E-state index contributed by atoms with van der Waals surface area (Å²) in [7, 11) is -2.45. The van der Waals surface area contributed by atoms with Gasteiger partial charge in [0.25, 0.3) is 0 Å². The molecule has 0 atom stereocenters. The van der Waals surface area contributed by atoms with Crippen LogP contribution in [0.15, 0.2) is 0 Å². The Hall–Kier alpha value is -1.04. The van der Waals surface area contributed by atoms with Crippen molar-refractivity contribution in [2.45, 2.75) is 0 Å². The molecule has 0 aliphatic carbocycles. The molecule has 0 fully saturated rings. The van der Waals surface area contributed by atoms with E-state index < -0.39 is 16.4 Å². The van der Waals surface area contributed by atoms with Gasteiger partial charge in [-0.25, -0.2) is 4.79 Å². The van der Waals surface area contributed by atoms with E-state index in [1.54, 1.807) is 0 Å². The van der Waals surface area contributed by atoms with Crippen LogP contribution in [0.4, 0.5) is 4.79 Å². The second-order valence-electron chi connectivity index (χ2n) is 0.828.